The molecule has 0 spiro atoms. The number of ether oxygens (including phenoxy) is 1. The van der Waals surface area contributed by atoms with Gasteiger partial charge in [0.25, 0.3) is 10.0 Å². The molecule has 0 aliphatic rings. The summed E-state index contributed by atoms with van der Waals surface area (Å²) in [6, 6.07) is 5.96. The summed E-state index contributed by atoms with van der Waals surface area (Å²) in [7, 11) is -3.76. The second-order valence-corrected chi connectivity index (χ2v) is 7.18. The SMILES string of the molecule is CC(C)(C)OC(=O)c1ccc(NS(=O)(=O)c2ncc[nH]2)cc1. The summed E-state index contributed by atoms with van der Waals surface area (Å²) in [5.41, 5.74) is 0.0796. The van der Waals surface area contributed by atoms with Crippen molar-refractivity contribution in [1.82, 2.24) is 9.97 Å². The van der Waals surface area contributed by atoms with E-state index in [-0.39, 0.29) is 5.16 Å². The average molecular weight is 323 g/mol. The summed E-state index contributed by atoms with van der Waals surface area (Å²) >= 11 is 0. The predicted octanol–water partition coefficient (Wildman–Crippen LogP) is 2.17. The van der Waals surface area contributed by atoms with Gasteiger partial charge in [0.05, 0.1) is 5.56 Å². The van der Waals surface area contributed by atoms with Crippen molar-refractivity contribution >= 4 is 21.7 Å². The third-order valence-corrected chi connectivity index (χ3v) is 3.74. The summed E-state index contributed by atoms with van der Waals surface area (Å²) in [6.45, 7) is 5.32. The van der Waals surface area contributed by atoms with E-state index in [0.717, 1.165) is 0 Å². The fourth-order valence-electron chi connectivity index (χ4n) is 1.61. The zero-order chi connectivity index (χ0) is 16.4. The normalized spacial score (nSPS) is 12.0. The number of aromatic amines is 1. The lowest BCUT2D eigenvalue weighted by atomic mass is 10.1. The lowest BCUT2D eigenvalue weighted by molar-refractivity contribution is 0.00695. The number of imidazole rings is 1. The van der Waals surface area contributed by atoms with E-state index in [4.69, 9.17) is 4.74 Å². The highest BCUT2D eigenvalue weighted by atomic mass is 32.2. The van der Waals surface area contributed by atoms with Crippen molar-refractivity contribution < 1.29 is 17.9 Å². The molecule has 22 heavy (non-hydrogen) atoms. The number of sulfonamides is 1. The molecule has 1 aromatic heterocycles. The Balaban J connectivity index is 2.11. The van der Waals surface area contributed by atoms with Crippen LogP contribution in [0.5, 0.6) is 0 Å². The van der Waals surface area contributed by atoms with E-state index in [1.165, 1.54) is 36.7 Å². The number of aromatic nitrogens is 2. The second-order valence-electron chi connectivity index (χ2n) is 5.58. The fourth-order valence-corrected chi connectivity index (χ4v) is 2.58. The van der Waals surface area contributed by atoms with Crippen LogP contribution in [0.2, 0.25) is 0 Å². The van der Waals surface area contributed by atoms with Crippen molar-refractivity contribution in [3.05, 3.63) is 42.2 Å². The number of anilines is 1. The maximum Gasteiger partial charge on any atom is 0.338 e. The third kappa shape index (κ3) is 4.08. The van der Waals surface area contributed by atoms with Crippen molar-refractivity contribution in [1.29, 1.82) is 0 Å². The van der Waals surface area contributed by atoms with E-state index in [1.54, 1.807) is 20.8 Å². The minimum absolute atomic E-state index is 0.177. The van der Waals surface area contributed by atoms with Gasteiger partial charge in [-0.3, -0.25) is 4.72 Å². The highest BCUT2D eigenvalue weighted by Gasteiger charge is 2.19. The molecule has 0 amide bonds. The molecule has 0 bridgehead atoms. The van der Waals surface area contributed by atoms with E-state index in [9.17, 15) is 13.2 Å². The van der Waals surface area contributed by atoms with Gasteiger partial charge >= 0.3 is 5.97 Å². The van der Waals surface area contributed by atoms with Gasteiger partial charge in [0, 0.05) is 18.1 Å². The summed E-state index contributed by atoms with van der Waals surface area (Å²) in [5.74, 6) is -0.465. The van der Waals surface area contributed by atoms with E-state index < -0.39 is 21.6 Å². The zero-order valence-electron chi connectivity index (χ0n) is 12.5. The fraction of sp³-hybridized carbons (Fsp3) is 0.286. The Bertz CT molecular complexity index is 744. The molecule has 118 valence electrons. The number of nitrogens with one attached hydrogen (secondary N) is 2. The van der Waals surface area contributed by atoms with Crippen molar-refractivity contribution in [3.8, 4) is 0 Å². The molecular formula is C14H17N3O4S. The van der Waals surface area contributed by atoms with Gasteiger partial charge in [0.2, 0.25) is 5.16 Å². The first kappa shape index (κ1) is 16.0. The molecule has 8 heteroatoms. The Morgan fingerprint density at radius 1 is 1.23 bits per heavy atom. The summed E-state index contributed by atoms with van der Waals surface area (Å²) in [5, 5.41) is -0.177. The topological polar surface area (TPSA) is 101 Å². The van der Waals surface area contributed by atoms with Crippen LogP contribution in [0.1, 0.15) is 31.1 Å². The minimum atomic E-state index is -3.76. The van der Waals surface area contributed by atoms with Crippen molar-refractivity contribution in [2.45, 2.75) is 31.5 Å². The number of hydrogen-bond acceptors (Lipinski definition) is 5. The Morgan fingerprint density at radius 3 is 2.36 bits per heavy atom. The molecule has 0 unspecified atom stereocenters. The van der Waals surface area contributed by atoms with E-state index in [2.05, 4.69) is 14.7 Å². The number of esters is 1. The van der Waals surface area contributed by atoms with Crippen LogP contribution in [-0.4, -0.2) is 30.0 Å². The minimum Gasteiger partial charge on any atom is -0.456 e. The monoisotopic (exact) mass is 323 g/mol. The number of hydrogen-bond donors (Lipinski definition) is 2. The number of carbonyl (C=O) groups is 1. The Morgan fingerprint density at radius 2 is 1.86 bits per heavy atom. The molecule has 1 aromatic carbocycles. The predicted molar refractivity (Wildman–Crippen MR) is 81.0 cm³/mol. The molecular weight excluding hydrogens is 306 g/mol. The molecule has 1 heterocycles. The highest BCUT2D eigenvalue weighted by Crippen LogP contribution is 2.17. The van der Waals surface area contributed by atoms with Crippen molar-refractivity contribution in [3.63, 3.8) is 0 Å². The molecule has 0 atom stereocenters. The number of nitrogens with zero attached hydrogens (tertiary/aromatic N) is 1. The third-order valence-electron chi connectivity index (χ3n) is 2.50. The smallest absolute Gasteiger partial charge is 0.338 e. The highest BCUT2D eigenvalue weighted by molar-refractivity contribution is 7.92. The Kier molecular flexibility index (Phi) is 4.23. The molecule has 0 radical (unpaired) electrons. The van der Waals surface area contributed by atoms with Gasteiger partial charge in [0.15, 0.2) is 0 Å². The summed E-state index contributed by atoms with van der Waals surface area (Å²) < 4.78 is 31.5. The lowest BCUT2D eigenvalue weighted by Gasteiger charge is -2.19. The van der Waals surface area contributed by atoms with Gasteiger partial charge in [-0.25, -0.2) is 9.78 Å². The largest absolute Gasteiger partial charge is 0.456 e. The van der Waals surface area contributed by atoms with Crippen molar-refractivity contribution in [2.24, 2.45) is 0 Å². The average Bonchev–Trinajstić information content (AvgIpc) is 2.91. The molecule has 7 nitrogen and oxygen atoms in total. The van der Waals surface area contributed by atoms with Crippen LogP contribution in [0.25, 0.3) is 0 Å². The Hall–Kier alpha value is -2.35. The standard InChI is InChI=1S/C14H17N3O4S/c1-14(2,3)21-12(18)10-4-6-11(7-5-10)17-22(19,20)13-15-8-9-16-13/h4-9,17H,1-3H3,(H,15,16). The molecule has 2 aromatic rings. The number of benzene rings is 1. The first-order chi connectivity index (χ1) is 10.2. The number of H-pyrrole nitrogens is 1. The van der Waals surface area contributed by atoms with E-state index >= 15 is 0 Å². The van der Waals surface area contributed by atoms with Crippen LogP contribution < -0.4 is 4.72 Å². The molecule has 0 fully saturated rings. The van der Waals surface area contributed by atoms with Gasteiger partial charge in [0.1, 0.15) is 5.60 Å². The molecule has 0 saturated carbocycles. The second kappa shape index (κ2) is 5.80. The van der Waals surface area contributed by atoms with Gasteiger partial charge < -0.3 is 9.72 Å². The quantitative estimate of drug-likeness (QED) is 0.840. The van der Waals surface area contributed by atoms with Crippen LogP contribution in [0.15, 0.2) is 41.8 Å². The maximum atomic E-state index is 12.0. The molecule has 2 rings (SSSR count). The summed E-state index contributed by atoms with van der Waals surface area (Å²) in [6.07, 6.45) is 2.76. The molecule has 2 N–H and O–H groups in total. The van der Waals surface area contributed by atoms with Gasteiger partial charge in [-0.15, -0.1) is 0 Å². The maximum absolute atomic E-state index is 12.0. The van der Waals surface area contributed by atoms with Gasteiger partial charge in [-0.2, -0.15) is 8.42 Å². The van der Waals surface area contributed by atoms with Crippen LogP contribution in [-0.2, 0) is 14.8 Å². The lowest BCUT2D eigenvalue weighted by Crippen LogP contribution is -2.23. The summed E-state index contributed by atoms with van der Waals surface area (Å²) in [4.78, 5) is 18.1. The van der Waals surface area contributed by atoms with Crippen LogP contribution in [0.4, 0.5) is 5.69 Å². The van der Waals surface area contributed by atoms with Gasteiger partial charge in [-0.05, 0) is 45.0 Å². The zero-order valence-corrected chi connectivity index (χ0v) is 13.3. The van der Waals surface area contributed by atoms with Crippen molar-refractivity contribution in [2.75, 3.05) is 4.72 Å². The van der Waals surface area contributed by atoms with E-state index in [0.29, 0.717) is 11.3 Å². The van der Waals surface area contributed by atoms with Gasteiger partial charge in [-0.1, -0.05) is 0 Å². The van der Waals surface area contributed by atoms with Crippen LogP contribution in [0, 0.1) is 0 Å². The van der Waals surface area contributed by atoms with Crippen LogP contribution in [0.3, 0.4) is 0 Å². The van der Waals surface area contributed by atoms with Crippen LogP contribution >= 0.6 is 0 Å². The molecule has 0 aliphatic heterocycles. The first-order valence-electron chi connectivity index (χ1n) is 6.53. The molecule has 0 saturated heterocycles. The van der Waals surface area contributed by atoms with E-state index in [1.807, 2.05) is 0 Å². The first-order valence-corrected chi connectivity index (χ1v) is 8.01. The number of carbonyl (C=O) groups excluding carboxylic acids is 1. The number of rotatable bonds is 4. The molecule has 0 aliphatic carbocycles. The Labute approximate surface area is 128 Å².